The third-order valence-electron chi connectivity index (χ3n) is 5.02. The second-order valence-electron chi connectivity index (χ2n) is 7.08. The fraction of sp³-hybridized carbons (Fsp3) is 0.143. The lowest BCUT2D eigenvalue weighted by atomic mass is 10.1. The number of nitrogens with one attached hydrogen (secondary N) is 1. The molecule has 31 heavy (non-hydrogen) atoms. The van der Waals surface area contributed by atoms with Gasteiger partial charge in [0.1, 0.15) is 17.5 Å². The van der Waals surface area contributed by atoms with Crippen molar-refractivity contribution in [2.45, 2.75) is 19.8 Å². The molecule has 5 rings (SSSR count). The molecule has 0 saturated heterocycles. The number of nitrogens with zero attached hydrogens (tertiary/aromatic N) is 4. The summed E-state index contributed by atoms with van der Waals surface area (Å²) in [5, 5.41) is 7.83. The van der Waals surface area contributed by atoms with E-state index in [0.29, 0.717) is 42.2 Å². The lowest BCUT2D eigenvalue weighted by Gasteiger charge is -2.12. The third kappa shape index (κ3) is 3.46. The van der Waals surface area contributed by atoms with Gasteiger partial charge in [0.15, 0.2) is 0 Å². The van der Waals surface area contributed by atoms with E-state index in [1.165, 1.54) is 29.1 Å². The predicted octanol–water partition coefficient (Wildman–Crippen LogP) is 2.83. The number of aromatic nitrogens is 4. The van der Waals surface area contributed by atoms with Gasteiger partial charge in [-0.1, -0.05) is 12.1 Å². The molecule has 1 aliphatic heterocycles. The Bertz CT molecular complexity index is 1340. The van der Waals surface area contributed by atoms with Gasteiger partial charge in [-0.3, -0.25) is 4.79 Å². The summed E-state index contributed by atoms with van der Waals surface area (Å²) in [6, 6.07) is 8.54. The molecule has 4 aromatic rings. The number of primary amides is 1. The molecular formula is C21H16F2N6O2. The fourth-order valence-corrected chi connectivity index (χ4v) is 3.57. The van der Waals surface area contributed by atoms with Crippen LogP contribution in [-0.4, -0.2) is 25.7 Å². The highest BCUT2D eigenvalue weighted by Crippen LogP contribution is 2.28. The molecule has 8 nitrogen and oxygen atoms in total. The molecule has 0 saturated carbocycles. The van der Waals surface area contributed by atoms with Gasteiger partial charge < -0.3 is 15.8 Å². The Morgan fingerprint density at radius 3 is 2.84 bits per heavy atom. The molecule has 3 heterocycles. The van der Waals surface area contributed by atoms with Crippen LogP contribution in [0.3, 0.4) is 0 Å². The predicted molar refractivity (Wildman–Crippen MR) is 107 cm³/mol. The Balaban J connectivity index is 1.58. The second kappa shape index (κ2) is 7.40. The minimum absolute atomic E-state index is 0.0233. The van der Waals surface area contributed by atoms with Crippen LogP contribution < -0.4 is 11.1 Å². The first-order valence-electron chi connectivity index (χ1n) is 9.43. The maximum absolute atomic E-state index is 14.1. The molecule has 0 spiro atoms. The van der Waals surface area contributed by atoms with E-state index in [1.807, 2.05) is 0 Å². The Kier molecular flexibility index (Phi) is 4.55. The van der Waals surface area contributed by atoms with Crippen molar-refractivity contribution >= 4 is 22.6 Å². The summed E-state index contributed by atoms with van der Waals surface area (Å²) < 4.78 is 34.4. The topological polar surface area (TPSA) is 108 Å². The van der Waals surface area contributed by atoms with Gasteiger partial charge in [-0.25, -0.2) is 13.8 Å². The first kappa shape index (κ1) is 19.1. The normalized spacial score (nSPS) is 12.8. The fourth-order valence-electron chi connectivity index (χ4n) is 3.57. The van der Waals surface area contributed by atoms with Gasteiger partial charge in [-0.15, -0.1) is 0 Å². The minimum Gasteiger partial charge on any atom is -0.370 e. The van der Waals surface area contributed by atoms with Crippen LogP contribution in [0.1, 0.15) is 27.2 Å². The summed E-state index contributed by atoms with van der Waals surface area (Å²) in [4.78, 5) is 20.7. The van der Waals surface area contributed by atoms with Gasteiger partial charge in [0.2, 0.25) is 5.91 Å². The molecule has 2 aromatic heterocycles. The van der Waals surface area contributed by atoms with Crippen LogP contribution in [0.15, 0.2) is 42.6 Å². The zero-order chi connectivity index (χ0) is 21.5. The maximum atomic E-state index is 14.1. The summed E-state index contributed by atoms with van der Waals surface area (Å²) in [6.07, 6.45) is 1.42. The largest absolute Gasteiger partial charge is 0.370 e. The number of hydrogen-bond acceptors (Lipinski definition) is 6. The zero-order valence-electron chi connectivity index (χ0n) is 16.1. The van der Waals surface area contributed by atoms with Crippen molar-refractivity contribution in [1.82, 2.24) is 19.7 Å². The smallest absolute Gasteiger partial charge is 0.253 e. The molecule has 3 N–H and O–H groups in total. The molecule has 0 fully saturated rings. The number of carbonyl (C=O) groups excluding carboxylic acids is 1. The summed E-state index contributed by atoms with van der Waals surface area (Å²) in [5.74, 6) is -1.02. The van der Waals surface area contributed by atoms with Gasteiger partial charge in [-0.05, 0) is 23.8 Å². The maximum Gasteiger partial charge on any atom is 0.253 e. The number of carbonyl (C=O) groups is 1. The van der Waals surface area contributed by atoms with Crippen LogP contribution in [-0.2, 0) is 24.5 Å². The van der Waals surface area contributed by atoms with Crippen LogP contribution in [0.2, 0.25) is 0 Å². The highest BCUT2D eigenvalue weighted by Gasteiger charge is 2.22. The zero-order valence-corrected chi connectivity index (χ0v) is 16.1. The first-order chi connectivity index (χ1) is 15.0. The van der Waals surface area contributed by atoms with Crippen LogP contribution in [0.5, 0.6) is 0 Å². The number of anilines is 1. The standard InChI is InChI=1S/C21H16F2N6O2/c22-12-3-1-2-11(4-12)7-25-20-16-9-31-10-17(16)27-21(28-20)29-18-6-13(23)5-14(19(24)30)15(18)8-26-29/h1-6,8H,7,9-10H2,(H2,24,30)(H,25,27,28). The Hall–Kier alpha value is -3.92. The molecule has 10 heteroatoms. The van der Waals surface area contributed by atoms with E-state index in [9.17, 15) is 13.6 Å². The van der Waals surface area contributed by atoms with Crippen molar-refractivity contribution in [3.8, 4) is 5.95 Å². The average Bonchev–Trinajstić information content (AvgIpc) is 3.38. The van der Waals surface area contributed by atoms with Crippen LogP contribution >= 0.6 is 0 Å². The number of benzene rings is 2. The highest BCUT2D eigenvalue weighted by atomic mass is 19.1. The number of fused-ring (bicyclic) bond motifs is 2. The Morgan fingerprint density at radius 2 is 2.03 bits per heavy atom. The molecule has 0 aliphatic carbocycles. The summed E-state index contributed by atoms with van der Waals surface area (Å²) in [6.45, 7) is 0.960. The molecule has 0 radical (unpaired) electrons. The molecule has 0 atom stereocenters. The van der Waals surface area contributed by atoms with Crippen molar-refractivity contribution in [2.24, 2.45) is 5.73 Å². The summed E-state index contributed by atoms with van der Waals surface area (Å²) in [5.41, 5.74) is 7.91. The molecule has 2 aromatic carbocycles. The second-order valence-corrected chi connectivity index (χ2v) is 7.08. The molecule has 0 bridgehead atoms. The number of amides is 1. The van der Waals surface area contributed by atoms with E-state index in [0.717, 1.165) is 17.2 Å². The van der Waals surface area contributed by atoms with Gasteiger partial charge in [0.05, 0.1) is 36.2 Å². The first-order valence-corrected chi connectivity index (χ1v) is 9.43. The number of halogens is 2. The minimum atomic E-state index is -0.759. The summed E-state index contributed by atoms with van der Waals surface area (Å²) in [7, 11) is 0. The number of nitrogens with two attached hydrogens (primary N) is 1. The molecule has 1 amide bonds. The lowest BCUT2D eigenvalue weighted by molar-refractivity contribution is 0.100. The average molecular weight is 422 g/mol. The number of ether oxygens (including phenoxy) is 1. The van der Waals surface area contributed by atoms with E-state index in [2.05, 4.69) is 20.4 Å². The Labute approximate surface area is 174 Å². The number of rotatable bonds is 5. The van der Waals surface area contributed by atoms with E-state index in [1.54, 1.807) is 12.1 Å². The molecule has 0 unspecified atom stereocenters. The van der Waals surface area contributed by atoms with Gasteiger partial charge in [0.25, 0.3) is 5.95 Å². The van der Waals surface area contributed by atoms with Crippen molar-refractivity contribution < 1.29 is 18.3 Å². The van der Waals surface area contributed by atoms with Gasteiger partial charge in [-0.2, -0.15) is 14.8 Å². The van der Waals surface area contributed by atoms with Gasteiger partial charge >= 0.3 is 0 Å². The highest BCUT2D eigenvalue weighted by molar-refractivity contribution is 6.05. The Morgan fingerprint density at radius 1 is 1.16 bits per heavy atom. The van der Waals surface area contributed by atoms with Crippen molar-refractivity contribution in [2.75, 3.05) is 5.32 Å². The van der Waals surface area contributed by atoms with Gasteiger partial charge in [0, 0.05) is 23.6 Å². The monoisotopic (exact) mass is 422 g/mol. The molecule has 156 valence electrons. The van der Waals surface area contributed by atoms with Crippen LogP contribution in [0, 0.1) is 11.6 Å². The van der Waals surface area contributed by atoms with Crippen molar-refractivity contribution in [3.63, 3.8) is 0 Å². The van der Waals surface area contributed by atoms with Crippen molar-refractivity contribution in [3.05, 3.63) is 76.6 Å². The lowest BCUT2D eigenvalue weighted by Crippen LogP contribution is -2.13. The number of hydrogen-bond donors (Lipinski definition) is 2. The summed E-state index contributed by atoms with van der Waals surface area (Å²) >= 11 is 0. The van der Waals surface area contributed by atoms with Crippen LogP contribution in [0.4, 0.5) is 14.6 Å². The van der Waals surface area contributed by atoms with E-state index in [-0.39, 0.29) is 17.3 Å². The van der Waals surface area contributed by atoms with Crippen LogP contribution in [0.25, 0.3) is 16.9 Å². The quantitative estimate of drug-likeness (QED) is 0.512. The van der Waals surface area contributed by atoms with E-state index in [4.69, 9.17) is 10.5 Å². The van der Waals surface area contributed by atoms with Crippen molar-refractivity contribution in [1.29, 1.82) is 0 Å². The third-order valence-corrected chi connectivity index (χ3v) is 5.02. The van der Waals surface area contributed by atoms with E-state index >= 15 is 0 Å². The van der Waals surface area contributed by atoms with E-state index < -0.39 is 11.7 Å². The molecular weight excluding hydrogens is 406 g/mol. The molecule has 1 aliphatic rings. The SMILES string of the molecule is NC(=O)c1cc(F)cc2c1cnn2-c1nc2c(c(NCc3cccc(F)c3)n1)COC2.